The Bertz CT molecular complexity index is 879. The summed E-state index contributed by atoms with van der Waals surface area (Å²) in [4.78, 5) is 10.6. The lowest BCUT2D eigenvalue weighted by molar-refractivity contribution is 0.800. The number of fused-ring (bicyclic) bond motifs is 2. The average Bonchev–Trinajstić information content (AvgIpc) is 3.05. The molecule has 0 saturated carbocycles. The van der Waals surface area contributed by atoms with Crippen molar-refractivity contribution < 1.29 is 0 Å². The lowest BCUT2D eigenvalue weighted by atomic mass is 9.92. The van der Waals surface area contributed by atoms with Gasteiger partial charge in [-0.25, -0.2) is 4.98 Å². The Kier molecular flexibility index (Phi) is 3.85. The van der Waals surface area contributed by atoms with Crippen LogP contribution in [0.5, 0.6) is 0 Å². The molecule has 0 aliphatic carbocycles. The van der Waals surface area contributed by atoms with Crippen molar-refractivity contribution in [3.63, 3.8) is 0 Å². The van der Waals surface area contributed by atoms with Crippen molar-refractivity contribution in [2.24, 2.45) is 0 Å². The molecule has 4 rings (SSSR count). The van der Waals surface area contributed by atoms with Crippen LogP contribution in [0.2, 0.25) is 0 Å². The number of benzene rings is 2. The van der Waals surface area contributed by atoms with Gasteiger partial charge in [0, 0.05) is 24.3 Å². The molecule has 0 bridgehead atoms. The van der Waals surface area contributed by atoms with Crippen LogP contribution in [0.1, 0.15) is 35.5 Å². The molecule has 3 aromatic rings. The monoisotopic (exact) mass is 335 g/mol. The van der Waals surface area contributed by atoms with Gasteiger partial charge in [0.2, 0.25) is 0 Å². The fraction of sp³-hybridized carbons (Fsp3) is 0.250. The van der Waals surface area contributed by atoms with Gasteiger partial charge in [0.05, 0.1) is 16.3 Å². The molecule has 3 nitrogen and oxygen atoms in total. The molecule has 0 fully saturated rings. The van der Waals surface area contributed by atoms with Crippen LogP contribution in [0, 0.1) is 0 Å². The van der Waals surface area contributed by atoms with Gasteiger partial charge in [0.25, 0.3) is 0 Å². The molecule has 4 heteroatoms. The summed E-state index contributed by atoms with van der Waals surface area (Å²) in [6.45, 7) is 8.45. The van der Waals surface area contributed by atoms with Crippen LogP contribution >= 0.6 is 12.6 Å². The summed E-state index contributed by atoms with van der Waals surface area (Å²) < 4.78 is 0. The molecule has 2 heterocycles. The van der Waals surface area contributed by atoms with E-state index in [4.69, 9.17) is 17.6 Å². The Morgan fingerprint density at radius 2 is 2.08 bits per heavy atom. The van der Waals surface area contributed by atoms with E-state index in [1.807, 2.05) is 24.3 Å². The third kappa shape index (κ3) is 2.42. The Balaban J connectivity index is 1.84. The van der Waals surface area contributed by atoms with Crippen molar-refractivity contribution in [3.8, 4) is 0 Å². The minimum absolute atomic E-state index is 0.0905. The van der Waals surface area contributed by atoms with Crippen LogP contribution in [0.25, 0.3) is 16.6 Å². The highest BCUT2D eigenvalue weighted by Crippen LogP contribution is 2.42. The second kappa shape index (κ2) is 6.02. The smallest absolute Gasteiger partial charge is 0.124 e. The first-order chi connectivity index (χ1) is 11.7. The molecule has 1 atom stereocenters. The molecule has 2 aromatic carbocycles. The van der Waals surface area contributed by atoms with Gasteiger partial charge >= 0.3 is 0 Å². The van der Waals surface area contributed by atoms with E-state index in [9.17, 15) is 0 Å². The lowest BCUT2D eigenvalue weighted by Crippen LogP contribution is -2.29. The predicted molar refractivity (Wildman–Crippen MR) is 105 cm³/mol. The second-order valence-corrected chi connectivity index (χ2v) is 6.73. The molecule has 1 N–H and O–H groups in total. The molecule has 1 aliphatic heterocycles. The number of aromatic nitrogens is 2. The van der Waals surface area contributed by atoms with Crippen molar-refractivity contribution in [2.75, 3.05) is 18.0 Å². The number of nitrogens with one attached hydrogen (secondary N) is 1. The number of hydrogen-bond donors (Lipinski definition) is 2. The summed E-state index contributed by atoms with van der Waals surface area (Å²) >= 11 is 4.91. The standard InChI is InChI=1S/C20H21N3S/c1-3-23-12-11-13(2)14-7-6-8-15(18(14)23)19(24)20-21-16-9-4-5-10-17(16)22-20/h4-10,19,24H,2-3,11-12H2,1H3,(H,21,22). The number of anilines is 1. The Morgan fingerprint density at radius 3 is 2.88 bits per heavy atom. The number of H-pyrrole nitrogens is 1. The second-order valence-electron chi connectivity index (χ2n) is 6.22. The molecule has 24 heavy (non-hydrogen) atoms. The fourth-order valence-corrected chi connectivity index (χ4v) is 3.83. The molecule has 0 saturated heterocycles. The molecule has 0 spiro atoms. The van der Waals surface area contributed by atoms with Crippen molar-refractivity contribution in [3.05, 3.63) is 66.0 Å². The van der Waals surface area contributed by atoms with Crippen molar-refractivity contribution >= 4 is 34.9 Å². The van der Waals surface area contributed by atoms with E-state index in [2.05, 4.69) is 41.6 Å². The van der Waals surface area contributed by atoms with Gasteiger partial charge in [-0.2, -0.15) is 12.6 Å². The summed E-state index contributed by atoms with van der Waals surface area (Å²) in [5, 5.41) is -0.0905. The van der Waals surface area contributed by atoms with Gasteiger partial charge in [-0.05, 0) is 36.6 Å². The number of aromatic amines is 1. The van der Waals surface area contributed by atoms with Gasteiger partial charge in [-0.15, -0.1) is 0 Å². The zero-order valence-electron chi connectivity index (χ0n) is 13.8. The van der Waals surface area contributed by atoms with Crippen molar-refractivity contribution in [1.29, 1.82) is 0 Å². The Labute approximate surface area is 147 Å². The maximum absolute atomic E-state index is 4.91. The van der Waals surface area contributed by atoms with Gasteiger partial charge in [-0.3, -0.25) is 0 Å². The van der Waals surface area contributed by atoms with E-state index in [1.54, 1.807) is 0 Å². The zero-order chi connectivity index (χ0) is 16.7. The largest absolute Gasteiger partial charge is 0.371 e. The SMILES string of the molecule is C=C1CCN(CC)c2c1cccc2C(S)c1nc2ccccc2[nH]1. The normalized spacial score (nSPS) is 15.6. The number of imidazole rings is 1. The third-order valence-electron chi connectivity index (χ3n) is 4.79. The highest BCUT2D eigenvalue weighted by Gasteiger charge is 2.25. The molecule has 1 unspecified atom stereocenters. The van der Waals surface area contributed by atoms with E-state index in [1.165, 1.54) is 22.4 Å². The molecule has 0 radical (unpaired) electrons. The summed E-state index contributed by atoms with van der Waals surface area (Å²) in [5.41, 5.74) is 6.94. The number of thiol groups is 1. The first-order valence-electron chi connectivity index (χ1n) is 8.37. The van der Waals surface area contributed by atoms with E-state index < -0.39 is 0 Å². The van der Waals surface area contributed by atoms with Gasteiger partial charge in [0.15, 0.2) is 0 Å². The first kappa shape index (κ1) is 15.3. The maximum Gasteiger partial charge on any atom is 0.124 e. The summed E-state index contributed by atoms with van der Waals surface area (Å²) in [5.74, 6) is 0.889. The highest BCUT2D eigenvalue weighted by atomic mass is 32.1. The molecule has 122 valence electrons. The third-order valence-corrected chi connectivity index (χ3v) is 5.31. The minimum atomic E-state index is -0.0905. The van der Waals surface area contributed by atoms with Crippen molar-refractivity contribution in [2.45, 2.75) is 18.6 Å². The molecule has 1 aliphatic rings. The minimum Gasteiger partial charge on any atom is -0.371 e. The van der Waals surface area contributed by atoms with Crippen LogP contribution < -0.4 is 4.90 Å². The molecule has 1 aromatic heterocycles. The van der Waals surface area contributed by atoms with Crippen LogP contribution in [-0.2, 0) is 0 Å². The van der Waals surface area contributed by atoms with E-state index in [-0.39, 0.29) is 5.25 Å². The number of rotatable bonds is 3. The van der Waals surface area contributed by atoms with E-state index in [0.29, 0.717) is 0 Å². The van der Waals surface area contributed by atoms with Gasteiger partial charge < -0.3 is 9.88 Å². The number of nitrogens with zero attached hydrogens (tertiary/aromatic N) is 2. The molecular formula is C20H21N3S. The maximum atomic E-state index is 4.91. The number of hydrogen-bond acceptors (Lipinski definition) is 3. The van der Waals surface area contributed by atoms with Crippen LogP contribution in [0.15, 0.2) is 49.0 Å². The fourth-order valence-electron chi connectivity index (χ4n) is 3.50. The van der Waals surface area contributed by atoms with Crippen LogP contribution in [0.4, 0.5) is 5.69 Å². The zero-order valence-corrected chi connectivity index (χ0v) is 14.7. The van der Waals surface area contributed by atoms with E-state index >= 15 is 0 Å². The highest BCUT2D eigenvalue weighted by molar-refractivity contribution is 7.80. The van der Waals surface area contributed by atoms with Crippen LogP contribution in [-0.4, -0.2) is 23.1 Å². The lowest BCUT2D eigenvalue weighted by Gasteiger charge is -2.34. The van der Waals surface area contributed by atoms with Crippen LogP contribution in [0.3, 0.4) is 0 Å². The predicted octanol–water partition coefficient (Wildman–Crippen LogP) is 4.83. The van der Waals surface area contributed by atoms with E-state index in [0.717, 1.165) is 36.4 Å². The summed E-state index contributed by atoms with van der Waals surface area (Å²) in [6, 6.07) is 14.5. The Hall–Kier alpha value is -2.20. The van der Waals surface area contributed by atoms with Crippen molar-refractivity contribution in [1.82, 2.24) is 9.97 Å². The molecular weight excluding hydrogens is 314 g/mol. The van der Waals surface area contributed by atoms with Gasteiger partial charge in [-0.1, -0.05) is 36.9 Å². The summed E-state index contributed by atoms with van der Waals surface area (Å²) in [6.07, 6.45) is 1.02. The van der Waals surface area contributed by atoms with Gasteiger partial charge in [0.1, 0.15) is 5.82 Å². The topological polar surface area (TPSA) is 31.9 Å². The Morgan fingerprint density at radius 1 is 1.25 bits per heavy atom. The average molecular weight is 335 g/mol. The summed E-state index contributed by atoms with van der Waals surface area (Å²) in [7, 11) is 0. The first-order valence-corrected chi connectivity index (χ1v) is 8.89. The molecule has 0 amide bonds. The number of para-hydroxylation sites is 3. The quantitative estimate of drug-likeness (QED) is 0.672.